The van der Waals surface area contributed by atoms with Crippen molar-refractivity contribution in [1.82, 2.24) is 4.90 Å². The van der Waals surface area contributed by atoms with E-state index in [2.05, 4.69) is 0 Å². The Balaban J connectivity index is 0.00000180. The zero-order valence-corrected chi connectivity index (χ0v) is 12.7. The van der Waals surface area contributed by atoms with Crippen molar-refractivity contribution in [1.29, 1.82) is 0 Å². The Labute approximate surface area is 122 Å². The molecule has 0 spiro atoms. The molecule has 0 bridgehead atoms. The van der Waals surface area contributed by atoms with Gasteiger partial charge in [-0.1, -0.05) is 6.42 Å². The number of carbonyl (C=O) groups is 1. The summed E-state index contributed by atoms with van der Waals surface area (Å²) in [5, 5.41) is 0. The van der Waals surface area contributed by atoms with Crippen LogP contribution in [-0.2, 0) is 9.53 Å². The molecule has 5 heteroatoms. The summed E-state index contributed by atoms with van der Waals surface area (Å²) in [5.41, 5.74) is 5.99. The monoisotopic (exact) mass is 290 g/mol. The van der Waals surface area contributed by atoms with Crippen molar-refractivity contribution < 1.29 is 9.53 Å². The number of halogens is 1. The highest BCUT2D eigenvalue weighted by Gasteiger charge is 2.27. The van der Waals surface area contributed by atoms with Crippen LogP contribution < -0.4 is 5.73 Å². The Morgan fingerprint density at radius 2 is 2.05 bits per heavy atom. The number of carbonyl (C=O) groups excluding carboxylic acids is 1. The van der Waals surface area contributed by atoms with Gasteiger partial charge in [-0.15, -0.1) is 12.4 Å². The van der Waals surface area contributed by atoms with Gasteiger partial charge in [-0.2, -0.15) is 0 Å². The lowest BCUT2D eigenvalue weighted by Gasteiger charge is -2.21. The molecule has 0 aliphatic heterocycles. The van der Waals surface area contributed by atoms with Crippen LogP contribution in [0, 0.1) is 11.8 Å². The smallest absolute Gasteiger partial charge is 0.222 e. The normalized spacial score (nSPS) is 26.0. The lowest BCUT2D eigenvalue weighted by atomic mass is 9.99. The Bertz CT molecular complexity index is 285. The summed E-state index contributed by atoms with van der Waals surface area (Å²) in [6, 6.07) is 0.230. The van der Waals surface area contributed by atoms with Crippen molar-refractivity contribution >= 4 is 18.3 Å². The molecule has 19 heavy (non-hydrogen) atoms. The lowest BCUT2D eigenvalue weighted by molar-refractivity contribution is -0.131. The fourth-order valence-corrected chi connectivity index (χ4v) is 2.56. The summed E-state index contributed by atoms with van der Waals surface area (Å²) in [4.78, 5) is 13.8. The fourth-order valence-electron chi connectivity index (χ4n) is 2.56. The predicted molar refractivity (Wildman–Crippen MR) is 78.4 cm³/mol. The molecular weight excluding hydrogens is 264 g/mol. The molecule has 112 valence electrons. The van der Waals surface area contributed by atoms with Crippen LogP contribution in [0.1, 0.15) is 38.5 Å². The van der Waals surface area contributed by atoms with Crippen molar-refractivity contribution in [2.24, 2.45) is 17.6 Å². The number of hydrogen-bond donors (Lipinski definition) is 1. The van der Waals surface area contributed by atoms with Crippen molar-refractivity contribution in [3.8, 4) is 0 Å². The third kappa shape index (κ3) is 5.67. The van der Waals surface area contributed by atoms with E-state index in [0.717, 1.165) is 25.4 Å². The van der Waals surface area contributed by atoms with Gasteiger partial charge in [-0.05, 0) is 37.5 Å². The van der Waals surface area contributed by atoms with Crippen molar-refractivity contribution in [2.75, 3.05) is 26.8 Å². The quantitative estimate of drug-likeness (QED) is 0.728. The molecular formula is C14H27ClN2O2. The minimum absolute atomic E-state index is 0. The van der Waals surface area contributed by atoms with Crippen LogP contribution in [0.15, 0.2) is 0 Å². The van der Waals surface area contributed by atoms with Crippen LogP contribution >= 0.6 is 12.4 Å². The van der Waals surface area contributed by atoms with Crippen LogP contribution in [-0.4, -0.2) is 43.7 Å². The Hall–Kier alpha value is -0.320. The van der Waals surface area contributed by atoms with E-state index in [0.29, 0.717) is 25.5 Å². The van der Waals surface area contributed by atoms with Gasteiger partial charge in [0.15, 0.2) is 0 Å². The van der Waals surface area contributed by atoms with Gasteiger partial charge < -0.3 is 15.4 Å². The van der Waals surface area contributed by atoms with Crippen molar-refractivity contribution in [2.45, 2.75) is 44.6 Å². The lowest BCUT2D eigenvalue weighted by Crippen LogP contribution is -2.34. The predicted octanol–water partition coefficient (Wildman–Crippen LogP) is 1.81. The van der Waals surface area contributed by atoms with E-state index in [1.54, 1.807) is 4.90 Å². The molecule has 2 aliphatic carbocycles. The molecule has 0 saturated heterocycles. The third-order valence-electron chi connectivity index (χ3n) is 4.20. The SMILES string of the molecule is CN(CCOCC1CC1)C(=O)C[C@@H]1CCC[C@H]1N.Cl. The van der Waals surface area contributed by atoms with Gasteiger partial charge in [0.2, 0.25) is 5.91 Å². The Morgan fingerprint density at radius 3 is 2.63 bits per heavy atom. The van der Waals surface area contributed by atoms with Gasteiger partial charge in [-0.3, -0.25) is 4.79 Å². The van der Waals surface area contributed by atoms with Crippen LogP contribution in [0.4, 0.5) is 0 Å². The van der Waals surface area contributed by atoms with Crippen molar-refractivity contribution in [3.63, 3.8) is 0 Å². The highest BCUT2D eigenvalue weighted by molar-refractivity contribution is 5.85. The zero-order valence-electron chi connectivity index (χ0n) is 11.8. The molecule has 0 aromatic heterocycles. The molecule has 1 amide bonds. The Kier molecular flexibility index (Phi) is 7.11. The van der Waals surface area contributed by atoms with Crippen LogP contribution in [0.25, 0.3) is 0 Å². The topological polar surface area (TPSA) is 55.6 Å². The fraction of sp³-hybridized carbons (Fsp3) is 0.929. The van der Waals surface area contributed by atoms with E-state index < -0.39 is 0 Å². The second-order valence-corrected chi connectivity index (χ2v) is 5.89. The maximum atomic E-state index is 12.0. The average molecular weight is 291 g/mol. The number of amides is 1. The molecule has 2 fully saturated rings. The Morgan fingerprint density at radius 1 is 1.32 bits per heavy atom. The first-order valence-corrected chi connectivity index (χ1v) is 7.24. The molecule has 0 unspecified atom stereocenters. The highest BCUT2D eigenvalue weighted by atomic mass is 35.5. The van der Waals surface area contributed by atoms with E-state index in [-0.39, 0.29) is 24.4 Å². The van der Waals surface area contributed by atoms with Gasteiger partial charge in [0.1, 0.15) is 0 Å². The maximum absolute atomic E-state index is 12.0. The van der Waals surface area contributed by atoms with Gasteiger partial charge in [0, 0.05) is 32.7 Å². The van der Waals surface area contributed by atoms with Gasteiger partial charge in [0.05, 0.1) is 6.61 Å². The standard InChI is InChI=1S/C14H26N2O2.ClH/c1-16(7-8-18-10-11-5-6-11)14(17)9-12-3-2-4-13(12)15;/h11-13H,2-10,15H2,1H3;1H/t12-,13+;/m0./s1. The molecule has 2 rings (SSSR count). The van der Waals surface area contributed by atoms with Crippen LogP contribution in [0.5, 0.6) is 0 Å². The molecule has 2 N–H and O–H groups in total. The van der Waals surface area contributed by atoms with Crippen LogP contribution in [0.2, 0.25) is 0 Å². The van der Waals surface area contributed by atoms with Crippen LogP contribution in [0.3, 0.4) is 0 Å². The number of ether oxygens (including phenoxy) is 1. The molecule has 2 aliphatic rings. The first-order valence-electron chi connectivity index (χ1n) is 7.24. The first kappa shape index (κ1) is 16.7. The summed E-state index contributed by atoms with van der Waals surface area (Å²) >= 11 is 0. The van der Waals surface area contributed by atoms with E-state index in [1.165, 1.54) is 19.3 Å². The van der Waals surface area contributed by atoms with Gasteiger partial charge in [-0.25, -0.2) is 0 Å². The van der Waals surface area contributed by atoms with Gasteiger partial charge >= 0.3 is 0 Å². The molecule has 0 radical (unpaired) electrons. The molecule has 4 nitrogen and oxygen atoms in total. The average Bonchev–Trinajstić information content (AvgIpc) is 3.09. The highest BCUT2D eigenvalue weighted by Crippen LogP contribution is 2.29. The number of hydrogen-bond acceptors (Lipinski definition) is 3. The van der Waals surface area contributed by atoms with Crippen molar-refractivity contribution in [3.05, 3.63) is 0 Å². The van der Waals surface area contributed by atoms with E-state index in [9.17, 15) is 4.79 Å². The second kappa shape index (κ2) is 8.08. The zero-order chi connectivity index (χ0) is 13.0. The summed E-state index contributed by atoms with van der Waals surface area (Å²) in [6.07, 6.45) is 6.60. The minimum atomic E-state index is 0. The molecule has 2 atom stereocenters. The number of nitrogens with zero attached hydrogens (tertiary/aromatic N) is 1. The second-order valence-electron chi connectivity index (χ2n) is 5.89. The molecule has 0 aromatic rings. The largest absolute Gasteiger partial charge is 0.379 e. The molecule has 2 saturated carbocycles. The molecule has 0 aromatic carbocycles. The van der Waals surface area contributed by atoms with E-state index >= 15 is 0 Å². The van der Waals surface area contributed by atoms with E-state index in [1.807, 2.05) is 7.05 Å². The summed E-state index contributed by atoms with van der Waals surface area (Å²) < 4.78 is 5.55. The minimum Gasteiger partial charge on any atom is -0.379 e. The number of nitrogens with two attached hydrogens (primary N) is 1. The summed E-state index contributed by atoms with van der Waals surface area (Å²) in [7, 11) is 1.86. The number of likely N-dealkylation sites (N-methyl/N-ethyl adjacent to an activating group) is 1. The first-order chi connectivity index (χ1) is 8.66. The number of rotatable bonds is 7. The third-order valence-corrected chi connectivity index (χ3v) is 4.20. The molecule has 0 heterocycles. The summed E-state index contributed by atoms with van der Waals surface area (Å²) in [6.45, 7) is 2.23. The summed E-state index contributed by atoms with van der Waals surface area (Å²) in [5.74, 6) is 1.40. The van der Waals surface area contributed by atoms with Gasteiger partial charge in [0.25, 0.3) is 0 Å². The maximum Gasteiger partial charge on any atom is 0.222 e. The van der Waals surface area contributed by atoms with E-state index in [4.69, 9.17) is 10.5 Å².